The molecule has 2 N–H and O–H groups in total. The van der Waals surface area contributed by atoms with Crippen molar-refractivity contribution in [3.05, 3.63) is 65.5 Å². The number of hydrogen-bond donors (Lipinski definition) is 2. The van der Waals surface area contributed by atoms with Crippen LogP contribution in [-0.2, 0) is 6.54 Å². The molecule has 3 rings (SSSR count). The summed E-state index contributed by atoms with van der Waals surface area (Å²) in [4.78, 5) is 19.6. The highest BCUT2D eigenvalue weighted by Crippen LogP contribution is 2.29. The smallest absolute Gasteiger partial charge is 0.321 e. The van der Waals surface area contributed by atoms with Crippen LogP contribution in [0.1, 0.15) is 5.56 Å². The SMILES string of the molecule is [C-]#[N+]c1ccc2nc(NC(=O)NCc3ccccc3)sc2c1. The number of aromatic nitrogens is 1. The van der Waals surface area contributed by atoms with E-state index in [-0.39, 0.29) is 6.03 Å². The minimum Gasteiger partial charge on any atom is -0.334 e. The molecule has 22 heavy (non-hydrogen) atoms. The average Bonchev–Trinajstić information content (AvgIpc) is 2.95. The van der Waals surface area contributed by atoms with Gasteiger partial charge < -0.3 is 5.32 Å². The predicted octanol–water partition coefficient (Wildman–Crippen LogP) is 4.17. The highest BCUT2D eigenvalue weighted by Gasteiger charge is 2.08. The molecule has 3 aromatic rings. The molecule has 0 bridgehead atoms. The maximum Gasteiger partial charge on any atom is 0.321 e. The third-order valence-electron chi connectivity index (χ3n) is 3.02. The molecule has 2 aromatic carbocycles. The van der Waals surface area contributed by atoms with Crippen molar-refractivity contribution in [2.75, 3.05) is 5.32 Å². The van der Waals surface area contributed by atoms with Crippen molar-refractivity contribution in [2.24, 2.45) is 0 Å². The van der Waals surface area contributed by atoms with Crippen LogP contribution in [0.3, 0.4) is 0 Å². The zero-order valence-corrected chi connectivity index (χ0v) is 12.4. The molecule has 0 aliphatic heterocycles. The molecule has 0 aliphatic rings. The second-order valence-corrected chi connectivity index (χ2v) is 5.61. The Kier molecular flexibility index (Phi) is 3.99. The van der Waals surface area contributed by atoms with E-state index < -0.39 is 0 Å². The van der Waals surface area contributed by atoms with Crippen molar-refractivity contribution in [2.45, 2.75) is 6.54 Å². The molecule has 108 valence electrons. The van der Waals surface area contributed by atoms with Crippen LogP contribution in [0.15, 0.2) is 48.5 Å². The maximum atomic E-state index is 11.9. The summed E-state index contributed by atoms with van der Waals surface area (Å²) in [6.45, 7) is 7.46. The average molecular weight is 308 g/mol. The van der Waals surface area contributed by atoms with Crippen LogP contribution in [0, 0.1) is 6.57 Å². The number of amides is 2. The molecule has 0 spiro atoms. The van der Waals surface area contributed by atoms with Crippen molar-refractivity contribution in [3.63, 3.8) is 0 Å². The van der Waals surface area contributed by atoms with Gasteiger partial charge in [-0.1, -0.05) is 47.7 Å². The summed E-state index contributed by atoms with van der Waals surface area (Å²) in [6, 6.07) is 14.7. The summed E-state index contributed by atoms with van der Waals surface area (Å²) in [6.07, 6.45) is 0. The molecular weight excluding hydrogens is 296 g/mol. The van der Waals surface area contributed by atoms with E-state index in [1.54, 1.807) is 18.2 Å². The van der Waals surface area contributed by atoms with E-state index in [4.69, 9.17) is 6.57 Å². The minimum atomic E-state index is -0.298. The number of carbonyl (C=O) groups excluding carboxylic acids is 1. The van der Waals surface area contributed by atoms with Gasteiger partial charge in [-0.3, -0.25) is 5.32 Å². The van der Waals surface area contributed by atoms with Crippen LogP contribution in [0.2, 0.25) is 0 Å². The lowest BCUT2D eigenvalue weighted by atomic mass is 10.2. The Morgan fingerprint density at radius 1 is 1.23 bits per heavy atom. The zero-order valence-electron chi connectivity index (χ0n) is 11.5. The molecule has 5 nitrogen and oxygen atoms in total. The van der Waals surface area contributed by atoms with Crippen LogP contribution in [0.5, 0.6) is 0 Å². The van der Waals surface area contributed by atoms with Gasteiger partial charge in [0.2, 0.25) is 0 Å². The molecule has 0 saturated carbocycles. The number of hydrogen-bond acceptors (Lipinski definition) is 3. The van der Waals surface area contributed by atoms with Gasteiger partial charge in [-0.15, -0.1) is 0 Å². The van der Waals surface area contributed by atoms with Crippen molar-refractivity contribution < 1.29 is 4.79 Å². The topological polar surface area (TPSA) is 58.4 Å². The van der Waals surface area contributed by atoms with E-state index >= 15 is 0 Å². The van der Waals surface area contributed by atoms with Crippen LogP contribution >= 0.6 is 11.3 Å². The number of nitrogens with one attached hydrogen (secondary N) is 2. The van der Waals surface area contributed by atoms with Gasteiger partial charge in [-0.05, 0) is 17.7 Å². The summed E-state index contributed by atoms with van der Waals surface area (Å²) in [7, 11) is 0. The number of rotatable bonds is 3. The predicted molar refractivity (Wildman–Crippen MR) is 88.2 cm³/mol. The molecule has 0 fully saturated rings. The van der Waals surface area contributed by atoms with Gasteiger partial charge in [-0.2, -0.15) is 0 Å². The summed E-state index contributed by atoms with van der Waals surface area (Å²) in [5.74, 6) is 0. The molecule has 0 unspecified atom stereocenters. The van der Waals surface area contributed by atoms with Crippen LogP contribution in [0.4, 0.5) is 15.6 Å². The molecule has 0 radical (unpaired) electrons. The number of thiazole rings is 1. The van der Waals surface area contributed by atoms with E-state index in [0.717, 1.165) is 15.8 Å². The monoisotopic (exact) mass is 308 g/mol. The van der Waals surface area contributed by atoms with E-state index in [9.17, 15) is 4.79 Å². The standard InChI is InChI=1S/C16H12N4OS/c1-17-12-7-8-13-14(9-12)22-16(19-13)20-15(21)18-10-11-5-3-2-4-6-11/h2-9H,10H2,(H2,18,19,20,21). The van der Waals surface area contributed by atoms with Crippen LogP contribution < -0.4 is 10.6 Å². The Balaban J connectivity index is 1.65. The summed E-state index contributed by atoms with van der Waals surface area (Å²) in [5, 5.41) is 6.02. The number of carbonyl (C=O) groups is 1. The Labute approximate surface area is 131 Å². The third-order valence-corrected chi connectivity index (χ3v) is 3.95. The van der Waals surface area contributed by atoms with Crippen molar-refractivity contribution >= 4 is 38.4 Å². The van der Waals surface area contributed by atoms with Crippen molar-refractivity contribution in [3.8, 4) is 0 Å². The number of fused-ring (bicyclic) bond motifs is 1. The summed E-state index contributed by atoms with van der Waals surface area (Å²) < 4.78 is 0.881. The fourth-order valence-corrected chi connectivity index (χ4v) is 2.85. The van der Waals surface area contributed by atoms with Gasteiger partial charge in [0.15, 0.2) is 10.8 Å². The fourth-order valence-electron chi connectivity index (χ4n) is 1.96. The van der Waals surface area contributed by atoms with E-state index in [1.807, 2.05) is 30.3 Å². The molecule has 1 heterocycles. The van der Waals surface area contributed by atoms with Gasteiger partial charge in [0.25, 0.3) is 0 Å². The summed E-state index contributed by atoms with van der Waals surface area (Å²) >= 11 is 1.35. The highest BCUT2D eigenvalue weighted by molar-refractivity contribution is 7.22. The Morgan fingerprint density at radius 2 is 2.05 bits per heavy atom. The van der Waals surface area contributed by atoms with Gasteiger partial charge in [0.1, 0.15) is 0 Å². The van der Waals surface area contributed by atoms with E-state index in [0.29, 0.717) is 17.4 Å². The number of urea groups is 1. The molecule has 2 amide bonds. The van der Waals surface area contributed by atoms with Gasteiger partial charge >= 0.3 is 6.03 Å². The van der Waals surface area contributed by atoms with Gasteiger partial charge in [-0.25, -0.2) is 14.6 Å². The minimum absolute atomic E-state index is 0.298. The first kappa shape index (κ1) is 14.0. The molecule has 1 aromatic heterocycles. The molecule has 0 atom stereocenters. The zero-order chi connectivity index (χ0) is 15.4. The first-order valence-electron chi connectivity index (χ1n) is 6.61. The van der Waals surface area contributed by atoms with Crippen LogP contribution in [0.25, 0.3) is 15.1 Å². The van der Waals surface area contributed by atoms with Gasteiger partial charge in [0, 0.05) is 11.2 Å². The number of nitrogens with zero attached hydrogens (tertiary/aromatic N) is 2. The fraction of sp³-hybridized carbons (Fsp3) is 0.0625. The van der Waals surface area contributed by atoms with E-state index in [1.165, 1.54) is 11.3 Å². The van der Waals surface area contributed by atoms with Crippen molar-refractivity contribution in [1.82, 2.24) is 10.3 Å². The van der Waals surface area contributed by atoms with Gasteiger partial charge in [0.05, 0.1) is 12.1 Å². The first-order chi connectivity index (χ1) is 10.7. The van der Waals surface area contributed by atoms with E-state index in [2.05, 4.69) is 20.5 Å². The summed E-state index contributed by atoms with van der Waals surface area (Å²) in [5.41, 5.74) is 2.37. The number of anilines is 1. The third kappa shape index (κ3) is 3.22. The second-order valence-electron chi connectivity index (χ2n) is 4.58. The molecule has 0 aliphatic carbocycles. The largest absolute Gasteiger partial charge is 0.334 e. The maximum absolute atomic E-state index is 11.9. The number of benzene rings is 2. The first-order valence-corrected chi connectivity index (χ1v) is 7.43. The van der Waals surface area contributed by atoms with Crippen molar-refractivity contribution in [1.29, 1.82) is 0 Å². The molecule has 6 heteroatoms. The molecular formula is C16H12N4OS. The lowest BCUT2D eigenvalue weighted by Crippen LogP contribution is -2.28. The normalized spacial score (nSPS) is 10.1. The Hall–Kier alpha value is -2.91. The lowest BCUT2D eigenvalue weighted by molar-refractivity contribution is 0.251. The Morgan fingerprint density at radius 3 is 2.82 bits per heavy atom. The Bertz CT molecular complexity index is 851. The quantitative estimate of drug-likeness (QED) is 0.713. The highest BCUT2D eigenvalue weighted by atomic mass is 32.1. The second kappa shape index (κ2) is 6.24. The molecule has 0 saturated heterocycles. The lowest BCUT2D eigenvalue weighted by Gasteiger charge is -2.04. The van der Waals surface area contributed by atoms with Crippen LogP contribution in [-0.4, -0.2) is 11.0 Å².